The van der Waals surface area contributed by atoms with Gasteiger partial charge in [-0.05, 0) is 49.2 Å². The number of nitrogens with one attached hydrogen (secondary N) is 1. The molecule has 0 aliphatic carbocycles. The molecule has 0 radical (unpaired) electrons. The number of hydrogen-bond acceptors (Lipinski definition) is 5. The molecular formula is C17H19NO5S. The number of esters is 1. The zero-order valence-electron chi connectivity index (χ0n) is 13.7. The van der Waals surface area contributed by atoms with Gasteiger partial charge in [-0.25, -0.2) is 13.2 Å². The van der Waals surface area contributed by atoms with Crippen molar-refractivity contribution in [2.45, 2.75) is 18.7 Å². The average molecular weight is 349 g/mol. The van der Waals surface area contributed by atoms with Crippen molar-refractivity contribution in [2.75, 3.05) is 18.4 Å². The topological polar surface area (TPSA) is 81.7 Å². The Kier molecular flexibility index (Phi) is 5.46. The van der Waals surface area contributed by atoms with E-state index in [9.17, 15) is 13.2 Å². The fourth-order valence-corrected chi connectivity index (χ4v) is 3.29. The number of benzene rings is 2. The number of sulfonamides is 1. The molecule has 0 unspecified atom stereocenters. The Labute approximate surface area is 141 Å². The van der Waals surface area contributed by atoms with E-state index in [0.717, 1.165) is 11.1 Å². The van der Waals surface area contributed by atoms with Gasteiger partial charge in [0.15, 0.2) is 6.61 Å². The lowest BCUT2D eigenvalue weighted by Crippen LogP contribution is -2.15. The Bertz CT molecular complexity index is 808. The Morgan fingerprint density at radius 3 is 2.17 bits per heavy atom. The average Bonchev–Trinajstić information content (AvgIpc) is 2.56. The van der Waals surface area contributed by atoms with Crippen LogP contribution >= 0.6 is 0 Å². The summed E-state index contributed by atoms with van der Waals surface area (Å²) in [5, 5.41) is 0. The van der Waals surface area contributed by atoms with Crippen molar-refractivity contribution in [2.24, 2.45) is 0 Å². The predicted octanol–water partition coefficient (Wildman–Crippen LogP) is 2.66. The Morgan fingerprint density at radius 2 is 1.62 bits per heavy atom. The van der Waals surface area contributed by atoms with Crippen molar-refractivity contribution in [1.82, 2.24) is 0 Å². The summed E-state index contributed by atoms with van der Waals surface area (Å²) in [4.78, 5) is 11.1. The molecular weight excluding hydrogens is 330 g/mol. The number of carbonyl (C=O) groups excluding carboxylic acids is 1. The summed E-state index contributed by atoms with van der Waals surface area (Å²) < 4.78 is 37.3. The number of hydrogen-bond donors (Lipinski definition) is 1. The maximum Gasteiger partial charge on any atom is 0.343 e. The van der Waals surface area contributed by atoms with Crippen molar-refractivity contribution in [3.63, 3.8) is 0 Å². The van der Waals surface area contributed by atoms with Gasteiger partial charge in [-0.15, -0.1) is 0 Å². The van der Waals surface area contributed by atoms with Crippen LogP contribution in [0.4, 0.5) is 5.69 Å². The van der Waals surface area contributed by atoms with E-state index in [1.807, 2.05) is 32.0 Å². The van der Waals surface area contributed by atoms with E-state index in [4.69, 9.17) is 4.74 Å². The van der Waals surface area contributed by atoms with Gasteiger partial charge in [0, 0.05) is 0 Å². The van der Waals surface area contributed by atoms with E-state index in [1.54, 1.807) is 0 Å². The van der Waals surface area contributed by atoms with Gasteiger partial charge in [0.25, 0.3) is 10.0 Å². The quantitative estimate of drug-likeness (QED) is 0.811. The van der Waals surface area contributed by atoms with E-state index in [1.165, 1.54) is 31.4 Å². The highest BCUT2D eigenvalue weighted by atomic mass is 32.2. The zero-order chi connectivity index (χ0) is 17.7. The van der Waals surface area contributed by atoms with Gasteiger partial charge in [0.05, 0.1) is 17.7 Å². The van der Waals surface area contributed by atoms with Gasteiger partial charge in [-0.2, -0.15) is 0 Å². The van der Waals surface area contributed by atoms with E-state index < -0.39 is 16.0 Å². The number of aryl methyl sites for hydroxylation is 2. The fourth-order valence-electron chi connectivity index (χ4n) is 2.08. The number of methoxy groups -OCH3 is 1. The van der Waals surface area contributed by atoms with Gasteiger partial charge in [-0.1, -0.05) is 18.2 Å². The highest BCUT2D eigenvalue weighted by Crippen LogP contribution is 2.24. The monoisotopic (exact) mass is 349 g/mol. The van der Waals surface area contributed by atoms with Gasteiger partial charge >= 0.3 is 5.97 Å². The van der Waals surface area contributed by atoms with E-state index in [-0.39, 0.29) is 11.5 Å². The van der Waals surface area contributed by atoms with Crippen LogP contribution in [0.3, 0.4) is 0 Å². The Morgan fingerprint density at radius 1 is 1.04 bits per heavy atom. The molecule has 6 nitrogen and oxygen atoms in total. The van der Waals surface area contributed by atoms with Crippen LogP contribution in [0.15, 0.2) is 47.4 Å². The van der Waals surface area contributed by atoms with Crippen molar-refractivity contribution in [1.29, 1.82) is 0 Å². The maximum atomic E-state index is 12.5. The summed E-state index contributed by atoms with van der Waals surface area (Å²) in [6.45, 7) is 3.45. The second kappa shape index (κ2) is 7.35. The van der Waals surface area contributed by atoms with Crippen LogP contribution in [0.5, 0.6) is 5.75 Å². The van der Waals surface area contributed by atoms with E-state index in [0.29, 0.717) is 11.4 Å². The van der Waals surface area contributed by atoms with Crippen molar-refractivity contribution in [3.05, 3.63) is 53.6 Å². The molecule has 128 valence electrons. The smallest absolute Gasteiger partial charge is 0.343 e. The van der Waals surface area contributed by atoms with Gasteiger partial charge in [0.2, 0.25) is 0 Å². The lowest BCUT2D eigenvalue weighted by molar-refractivity contribution is -0.142. The molecule has 0 amide bonds. The molecule has 0 saturated carbocycles. The van der Waals surface area contributed by atoms with Gasteiger partial charge in [0.1, 0.15) is 5.75 Å². The Hall–Kier alpha value is -2.54. The molecule has 0 aromatic heterocycles. The first-order valence-electron chi connectivity index (χ1n) is 7.22. The van der Waals surface area contributed by atoms with Crippen LogP contribution in [-0.4, -0.2) is 28.1 Å². The third-order valence-corrected chi connectivity index (χ3v) is 4.80. The third-order valence-electron chi connectivity index (χ3n) is 3.44. The molecule has 0 spiro atoms. The SMILES string of the molecule is COC(=O)COc1ccc(S(=O)(=O)Nc2c(C)cccc2C)cc1. The van der Waals surface area contributed by atoms with Crippen LogP contribution in [0.1, 0.15) is 11.1 Å². The normalized spacial score (nSPS) is 11.0. The highest BCUT2D eigenvalue weighted by molar-refractivity contribution is 7.92. The summed E-state index contributed by atoms with van der Waals surface area (Å²) in [6.07, 6.45) is 0. The lowest BCUT2D eigenvalue weighted by atomic mass is 10.1. The largest absolute Gasteiger partial charge is 0.482 e. The molecule has 7 heteroatoms. The van der Waals surface area contributed by atoms with Crippen LogP contribution in [0, 0.1) is 13.8 Å². The summed E-state index contributed by atoms with van der Waals surface area (Å²) in [7, 11) is -2.44. The number of ether oxygens (including phenoxy) is 2. The molecule has 24 heavy (non-hydrogen) atoms. The molecule has 0 atom stereocenters. The maximum absolute atomic E-state index is 12.5. The predicted molar refractivity (Wildman–Crippen MR) is 90.7 cm³/mol. The number of para-hydroxylation sites is 1. The number of carbonyl (C=O) groups is 1. The molecule has 0 fully saturated rings. The minimum absolute atomic E-state index is 0.107. The molecule has 0 aliphatic rings. The molecule has 1 N–H and O–H groups in total. The van der Waals surface area contributed by atoms with Crippen LogP contribution in [0.25, 0.3) is 0 Å². The second-order valence-electron chi connectivity index (χ2n) is 5.21. The summed E-state index contributed by atoms with van der Waals surface area (Å²) in [5.41, 5.74) is 2.26. The Balaban J connectivity index is 2.16. The lowest BCUT2D eigenvalue weighted by Gasteiger charge is -2.13. The molecule has 0 heterocycles. The first-order valence-corrected chi connectivity index (χ1v) is 8.70. The number of anilines is 1. The highest BCUT2D eigenvalue weighted by Gasteiger charge is 2.16. The molecule has 2 aromatic carbocycles. The molecule has 0 saturated heterocycles. The second-order valence-corrected chi connectivity index (χ2v) is 6.89. The summed E-state index contributed by atoms with van der Waals surface area (Å²) in [5.74, 6) is -0.130. The molecule has 0 bridgehead atoms. The zero-order valence-corrected chi connectivity index (χ0v) is 14.5. The fraction of sp³-hybridized carbons (Fsp3) is 0.235. The number of rotatable bonds is 6. The van der Waals surface area contributed by atoms with Crippen LogP contribution < -0.4 is 9.46 Å². The minimum atomic E-state index is -3.71. The van der Waals surface area contributed by atoms with Gasteiger partial charge in [-0.3, -0.25) is 4.72 Å². The summed E-state index contributed by atoms with van der Waals surface area (Å²) in [6, 6.07) is 11.4. The van der Waals surface area contributed by atoms with Crippen LogP contribution in [0.2, 0.25) is 0 Å². The first-order chi connectivity index (χ1) is 11.3. The van der Waals surface area contributed by atoms with Crippen molar-refractivity contribution in [3.8, 4) is 5.75 Å². The van der Waals surface area contributed by atoms with E-state index >= 15 is 0 Å². The van der Waals surface area contributed by atoms with Crippen LogP contribution in [-0.2, 0) is 19.6 Å². The first kappa shape index (κ1) is 17.8. The molecule has 0 aliphatic heterocycles. The van der Waals surface area contributed by atoms with Crippen molar-refractivity contribution >= 4 is 21.7 Å². The third kappa shape index (κ3) is 4.26. The molecule has 2 aromatic rings. The summed E-state index contributed by atoms with van der Waals surface area (Å²) >= 11 is 0. The standard InChI is InChI=1S/C17H19NO5S/c1-12-5-4-6-13(2)17(12)18-24(20,21)15-9-7-14(8-10-15)23-11-16(19)22-3/h4-10,18H,11H2,1-3H3. The van der Waals surface area contributed by atoms with E-state index in [2.05, 4.69) is 9.46 Å². The van der Waals surface area contributed by atoms with Crippen molar-refractivity contribution < 1.29 is 22.7 Å². The minimum Gasteiger partial charge on any atom is -0.482 e. The molecule has 2 rings (SSSR count). The van der Waals surface area contributed by atoms with Gasteiger partial charge < -0.3 is 9.47 Å².